The van der Waals surface area contributed by atoms with E-state index in [-0.39, 0.29) is 6.42 Å². The van der Waals surface area contributed by atoms with Gasteiger partial charge in [0.2, 0.25) is 0 Å². The maximum atomic E-state index is 10.9. The summed E-state index contributed by atoms with van der Waals surface area (Å²) >= 11 is 0. The summed E-state index contributed by atoms with van der Waals surface area (Å²) in [5, 5.41) is -1.05. The van der Waals surface area contributed by atoms with Crippen LogP contribution in [0.4, 0.5) is 0 Å². The van der Waals surface area contributed by atoms with Crippen LogP contribution in [0.25, 0.3) is 0 Å². The molecule has 1 N–H and O–H groups in total. The smallest absolute Gasteiger partial charge is 0.280 e. The number of carbonyl (C=O) groups excluding carboxylic acids is 1. The predicted octanol–water partition coefficient (Wildman–Crippen LogP) is 5.18. The minimum Gasteiger partial charge on any atom is -0.280 e. The van der Waals surface area contributed by atoms with Crippen LogP contribution in [0.3, 0.4) is 0 Å². The molecule has 0 spiro atoms. The third-order valence-electron chi connectivity index (χ3n) is 3.84. The molecule has 0 saturated heterocycles. The summed E-state index contributed by atoms with van der Waals surface area (Å²) in [6.45, 7) is 2.22. The van der Waals surface area contributed by atoms with Crippen LogP contribution in [0.2, 0.25) is 0 Å². The third-order valence-corrected chi connectivity index (χ3v) is 4.62. The molecule has 0 unspecified atom stereocenters. The fraction of sp³-hybridized carbons (Fsp3) is 0.684. The summed E-state index contributed by atoms with van der Waals surface area (Å²) in [4.78, 5) is 14.7. The van der Waals surface area contributed by atoms with E-state index < -0.39 is 15.2 Å². The first-order valence-corrected chi connectivity index (χ1v) is 10.8. The van der Waals surface area contributed by atoms with Crippen molar-refractivity contribution in [1.82, 2.24) is 4.98 Å². The lowest BCUT2D eigenvalue weighted by molar-refractivity contribution is -0.112. The van der Waals surface area contributed by atoms with E-state index >= 15 is 0 Å². The average molecular weight is 372 g/mol. The molecule has 1 rings (SSSR count). The van der Waals surface area contributed by atoms with E-state index in [1.807, 2.05) is 18.2 Å². The van der Waals surface area contributed by atoms with Crippen molar-refractivity contribution < 1.29 is 17.8 Å². The molecule has 1 heterocycles. The summed E-state index contributed by atoms with van der Waals surface area (Å²) in [6, 6.07) is 5.72. The highest BCUT2D eigenvalue weighted by molar-refractivity contribution is 8.01. The van der Waals surface area contributed by atoms with E-state index in [9.17, 15) is 13.2 Å². The van der Waals surface area contributed by atoms with E-state index in [1.54, 1.807) is 12.4 Å². The Bertz CT molecular complexity index is 491. The topological polar surface area (TPSA) is 84.3 Å². The molecule has 1 aromatic rings. The van der Waals surface area contributed by atoms with Gasteiger partial charge in [-0.05, 0) is 18.6 Å². The number of hydrogen-bond acceptors (Lipinski definition) is 4. The van der Waals surface area contributed by atoms with Crippen molar-refractivity contribution in [2.24, 2.45) is 0 Å². The standard InChI is InChI=1S/C14H28O4S.C5H5N/c1-2-3-4-5-6-7-8-9-10-11-12-13-14(15)19(16,17)18;1-2-4-6-5-3-1/h2-13H2,1H3,(H,16,17,18);1-5H. The van der Waals surface area contributed by atoms with Gasteiger partial charge in [0.1, 0.15) is 0 Å². The zero-order valence-electron chi connectivity index (χ0n) is 15.4. The highest BCUT2D eigenvalue weighted by Gasteiger charge is 2.16. The lowest BCUT2D eigenvalue weighted by atomic mass is 10.1. The number of rotatable bonds is 12. The second kappa shape index (κ2) is 16.2. The quantitative estimate of drug-likeness (QED) is 0.404. The molecule has 0 saturated carbocycles. The molecule has 6 heteroatoms. The first-order chi connectivity index (χ1) is 12.0. The van der Waals surface area contributed by atoms with Gasteiger partial charge in [-0.2, -0.15) is 8.42 Å². The van der Waals surface area contributed by atoms with Gasteiger partial charge in [-0.3, -0.25) is 14.3 Å². The zero-order chi connectivity index (χ0) is 18.8. The molecule has 5 nitrogen and oxygen atoms in total. The summed E-state index contributed by atoms with van der Waals surface area (Å²) in [5.74, 6) is 0. The van der Waals surface area contributed by atoms with Gasteiger partial charge in [-0.15, -0.1) is 0 Å². The molecule has 1 aromatic heterocycles. The number of pyridine rings is 1. The minimum absolute atomic E-state index is 0.0597. The van der Waals surface area contributed by atoms with Crippen LogP contribution in [-0.2, 0) is 14.9 Å². The summed E-state index contributed by atoms with van der Waals surface area (Å²) < 4.78 is 29.4. The first kappa shape index (κ1) is 23.7. The Balaban J connectivity index is 0.000000796. The van der Waals surface area contributed by atoms with Crippen molar-refractivity contribution >= 4 is 15.2 Å². The third kappa shape index (κ3) is 17.3. The minimum atomic E-state index is -4.45. The van der Waals surface area contributed by atoms with Crippen molar-refractivity contribution in [3.8, 4) is 0 Å². The van der Waals surface area contributed by atoms with Crippen LogP contribution in [0.1, 0.15) is 84.0 Å². The summed E-state index contributed by atoms with van der Waals surface area (Å²) in [7, 11) is -4.45. The molecular weight excluding hydrogens is 338 g/mol. The van der Waals surface area contributed by atoms with Crippen LogP contribution in [0, 0.1) is 0 Å². The Morgan fingerprint density at radius 1 is 0.800 bits per heavy atom. The lowest BCUT2D eigenvalue weighted by Gasteiger charge is -2.02. The molecule has 0 fully saturated rings. The monoisotopic (exact) mass is 371 g/mol. The molecule has 0 aliphatic heterocycles. The second-order valence-corrected chi connectivity index (χ2v) is 7.56. The van der Waals surface area contributed by atoms with Gasteiger partial charge in [-0.1, -0.05) is 77.2 Å². The van der Waals surface area contributed by atoms with Crippen molar-refractivity contribution in [3.63, 3.8) is 0 Å². The predicted molar refractivity (Wildman–Crippen MR) is 102 cm³/mol. The molecule has 0 amide bonds. The van der Waals surface area contributed by atoms with Gasteiger partial charge in [0.15, 0.2) is 0 Å². The van der Waals surface area contributed by atoms with Crippen molar-refractivity contribution in [2.45, 2.75) is 84.0 Å². The lowest BCUT2D eigenvalue weighted by Crippen LogP contribution is -2.12. The van der Waals surface area contributed by atoms with E-state index in [4.69, 9.17) is 4.55 Å². The summed E-state index contributed by atoms with van der Waals surface area (Å²) in [6.07, 6.45) is 16.1. The Morgan fingerprint density at radius 2 is 1.24 bits per heavy atom. The molecular formula is C19H33NO4S. The molecule has 0 aromatic carbocycles. The number of hydrogen-bond donors (Lipinski definition) is 1. The van der Waals surface area contributed by atoms with E-state index in [1.165, 1.54) is 44.9 Å². The van der Waals surface area contributed by atoms with Crippen LogP contribution in [-0.4, -0.2) is 23.1 Å². The van der Waals surface area contributed by atoms with Crippen LogP contribution in [0.5, 0.6) is 0 Å². The van der Waals surface area contributed by atoms with Gasteiger partial charge < -0.3 is 0 Å². The van der Waals surface area contributed by atoms with E-state index in [2.05, 4.69) is 11.9 Å². The molecule has 0 bridgehead atoms. The second-order valence-electron chi connectivity index (χ2n) is 6.16. The van der Waals surface area contributed by atoms with Gasteiger partial charge in [0.25, 0.3) is 5.12 Å². The van der Waals surface area contributed by atoms with Crippen molar-refractivity contribution in [3.05, 3.63) is 30.6 Å². The number of unbranched alkanes of at least 4 members (excludes halogenated alkanes) is 10. The number of carbonyl (C=O) groups is 1. The van der Waals surface area contributed by atoms with Gasteiger partial charge in [-0.25, -0.2) is 0 Å². The average Bonchev–Trinajstić information content (AvgIpc) is 2.60. The Hall–Kier alpha value is -1.27. The Labute approximate surface area is 153 Å². The molecule has 0 aliphatic rings. The SMILES string of the molecule is CCCCCCCCCCCCCC(=O)S(=O)(=O)O.c1ccncc1. The van der Waals surface area contributed by atoms with Gasteiger partial charge in [0.05, 0.1) is 0 Å². The summed E-state index contributed by atoms with van der Waals surface area (Å²) in [5.41, 5.74) is 0. The van der Waals surface area contributed by atoms with Gasteiger partial charge >= 0.3 is 10.1 Å². The number of nitrogens with zero attached hydrogens (tertiary/aromatic N) is 1. The fourth-order valence-electron chi connectivity index (χ4n) is 2.38. The maximum absolute atomic E-state index is 10.9. The van der Waals surface area contributed by atoms with E-state index in [0.717, 1.165) is 19.3 Å². The molecule has 25 heavy (non-hydrogen) atoms. The molecule has 0 radical (unpaired) electrons. The highest BCUT2D eigenvalue weighted by Crippen LogP contribution is 2.12. The van der Waals surface area contributed by atoms with Crippen LogP contribution in [0.15, 0.2) is 30.6 Å². The highest BCUT2D eigenvalue weighted by atomic mass is 32.2. The number of aromatic nitrogens is 1. The molecule has 0 aliphatic carbocycles. The fourth-order valence-corrected chi connectivity index (χ4v) is 2.78. The van der Waals surface area contributed by atoms with Crippen LogP contribution < -0.4 is 0 Å². The maximum Gasteiger partial charge on any atom is 0.328 e. The molecule has 0 atom stereocenters. The van der Waals surface area contributed by atoms with Gasteiger partial charge in [0, 0.05) is 18.8 Å². The van der Waals surface area contributed by atoms with Crippen molar-refractivity contribution in [2.75, 3.05) is 0 Å². The Kier molecular flexibility index (Phi) is 15.4. The zero-order valence-corrected chi connectivity index (χ0v) is 16.2. The molecule has 144 valence electrons. The largest absolute Gasteiger partial charge is 0.328 e. The van der Waals surface area contributed by atoms with Crippen LogP contribution >= 0.6 is 0 Å². The normalized spacial score (nSPS) is 10.8. The van der Waals surface area contributed by atoms with Crippen molar-refractivity contribution in [1.29, 1.82) is 0 Å². The first-order valence-electron chi connectivity index (χ1n) is 9.33. The Morgan fingerprint density at radius 3 is 1.56 bits per heavy atom. The van der Waals surface area contributed by atoms with E-state index in [0.29, 0.717) is 6.42 Å².